The first-order valence-electron chi connectivity index (χ1n) is 8.50. The minimum Gasteiger partial charge on any atom is -0.444 e. The van der Waals surface area contributed by atoms with Gasteiger partial charge >= 0.3 is 6.09 Å². The molecule has 25 heavy (non-hydrogen) atoms. The van der Waals surface area contributed by atoms with Gasteiger partial charge in [0, 0.05) is 24.5 Å². The third kappa shape index (κ3) is 6.14. The molecule has 0 aliphatic rings. The largest absolute Gasteiger partial charge is 0.444 e. The van der Waals surface area contributed by atoms with Crippen LogP contribution >= 0.6 is 0 Å². The fourth-order valence-electron chi connectivity index (χ4n) is 2.39. The number of anilines is 1. The molecule has 2 rings (SSSR count). The van der Waals surface area contributed by atoms with Gasteiger partial charge in [0.2, 0.25) is 0 Å². The van der Waals surface area contributed by atoms with Crippen molar-refractivity contribution in [3.63, 3.8) is 0 Å². The number of alkyl carbamates (subject to hydrolysis) is 1. The van der Waals surface area contributed by atoms with Gasteiger partial charge in [0.15, 0.2) is 0 Å². The van der Waals surface area contributed by atoms with Gasteiger partial charge in [-0.2, -0.15) is 5.10 Å². The molecule has 0 fully saturated rings. The summed E-state index contributed by atoms with van der Waals surface area (Å²) in [4.78, 5) is 12.0. The molecule has 6 heteroatoms. The molecule has 1 heterocycles. The maximum Gasteiger partial charge on any atom is 0.408 e. The van der Waals surface area contributed by atoms with E-state index in [1.807, 2.05) is 75.8 Å². The van der Waals surface area contributed by atoms with Crippen molar-refractivity contribution < 1.29 is 9.53 Å². The highest BCUT2D eigenvalue weighted by molar-refractivity contribution is 5.68. The number of nitrogens with zero attached hydrogens (tertiary/aromatic N) is 2. The van der Waals surface area contributed by atoms with Gasteiger partial charge in [-0.05, 0) is 59.2 Å². The van der Waals surface area contributed by atoms with Crippen LogP contribution in [0.15, 0.2) is 42.7 Å². The number of nitrogens with one attached hydrogen (secondary N) is 2. The summed E-state index contributed by atoms with van der Waals surface area (Å²) in [5.41, 5.74) is 1.11. The normalized spacial score (nSPS) is 11.9. The Bertz CT molecular complexity index is 688. The Balaban J connectivity index is 1.91. The van der Waals surface area contributed by atoms with Crippen LogP contribution in [0.5, 0.6) is 0 Å². The van der Waals surface area contributed by atoms with Gasteiger partial charge < -0.3 is 15.4 Å². The summed E-state index contributed by atoms with van der Waals surface area (Å²) in [6.45, 7) is 10.2. The molecule has 0 atom stereocenters. The number of para-hydroxylation sites is 2. The Hall–Kier alpha value is -2.50. The second kappa shape index (κ2) is 7.59. The zero-order valence-electron chi connectivity index (χ0n) is 15.7. The number of hydrogen-bond acceptors (Lipinski definition) is 4. The summed E-state index contributed by atoms with van der Waals surface area (Å²) < 4.78 is 7.15. The van der Waals surface area contributed by atoms with Crippen LogP contribution < -0.4 is 10.6 Å². The zero-order valence-corrected chi connectivity index (χ0v) is 15.7. The van der Waals surface area contributed by atoms with Crippen molar-refractivity contribution in [2.75, 3.05) is 11.9 Å². The van der Waals surface area contributed by atoms with Crippen molar-refractivity contribution in [2.24, 2.45) is 0 Å². The van der Waals surface area contributed by atoms with Crippen LogP contribution in [0, 0.1) is 0 Å². The lowest BCUT2D eigenvalue weighted by Gasteiger charge is -2.29. The molecule has 0 saturated heterocycles. The Kier molecular flexibility index (Phi) is 5.72. The molecular formula is C19H28N4O2. The minimum atomic E-state index is -0.499. The van der Waals surface area contributed by atoms with E-state index in [2.05, 4.69) is 15.7 Å². The molecule has 0 aliphatic heterocycles. The lowest BCUT2D eigenvalue weighted by atomic mass is 10.0. The Labute approximate surface area is 149 Å². The van der Waals surface area contributed by atoms with E-state index in [0.717, 1.165) is 17.8 Å². The molecule has 2 N–H and O–H groups in total. The molecule has 1 aromatic heterocycles. The zero-order chi connectivity index (χ0) is 18.5. The average molecular weight is 344 g/mol. The highest BCUT2D eigenvalue weighted by Crippen LogP contribution is 2.20. The van der Waals surface area contributed by atoms with Gasteiger partial charge in [-0.3, -0.25) is 0 Å². The summed E-state index contributed by atoms with van der Waals surface area (Å²) >= 11 is 0. The van der Waals surface area contributed by atoms with E-state index in [0.29, 0.717) is 6.54 Å². The summed E-state index contributed by atoms with van der Waals surface area (Å²) in [5, 5.41) is 10.6. The molecule has 0 spiro atoms. The number of benzene rings is 1. The van der Waals surface area contributed by atoms with Crippen LogP contribution in [-0.2, 0) is 4.74 Å². The Morgan fingerprint density at radius 3 is 2.52 bits per heavy atom. The molecule has 1 aromatic carbocycles. The van der Waals surface area contributed by atoms with E-state index < -0.39 is 11.7 Å². The number of hydrogen-bond donors (Lipinski definition) is 2. The van der Waals surface area contributed by atoms with Gasteiger partial charge in [-0.1, -0.05) is 12.1 Å². The molecule has 0 radical (unpaired) electrons. The van der Waals surface area contributed by atoms with Crippen LogP contribution in [0.4, 0.5) is 10.5 Å². The lowest BCUT2D eigenvalue weighted by molar-refractivity contribution is 0.0470. The van der Waals surface area contributed by atoms with Gasteiger partial charge in [0.25, 0.3) is 0 Å². The highest BCUT2D eigenvalue weighted by Gasteiger charge is 2.24. The average Bonchev–Trinajstić information content (AvgIpc) is 2.98. The first kappa shape index (κ1) is 18.8. The van der Waals surface area contributed by atoms with E-state index >= 15 is 0 Å². The molecule has 0 unspecified atom stereocenters. The smallest absolute Gasteiger partial charge is 0.408 e. The maximum absolute atomic E-state index is 12.0. The number of carbonyl (C=O) groups is 1. The molecule has 0 saturated carbocycles. The number of amides is 1. The minimum absolute atomic E-state index is 0.379. The van der Waals surface area contributed by atoms with Crippen molar-refractivity contribution >= 4 is 11.8 Å². The topological polar surface area (TPSA) is 68.2 Å². The highest BCUT2D eigenvalue weighted by atomic mass is 16.6. The third-order valence-corrected chi connectivity index (χ3v) is 3.56. The number of aromatic nitrogens is 2. The fraction of sp³-hybridized carbons (Fsp3) is 0.474. The Morgan fingerprint density at radius 1 is 1.16 bits per heavy atom. The number of carbonyl (C=O) groups excluding carboxylic acids is 1. The van der Waals surface area contributed by atoms with Gasteiger partial charge in [0.05, 0.1) is 11.4 Å². The molecule has 136 valence electrons. The molecule has 6 nitrogen and oxygen atoms in total. The third-order valence-electron chi connectivity index (χ3n) is 3.56. The first-order valence-corrected chi connectivity index (χ1v) is 8.50. The molecule has 2 aromatic rings. The molecule has 0 bridgehead atoms. The number of rotatable bonds is 6. The van der Waals surface area contributed by atoms with Crippen molar-refractivity contribution in [1.29, 1.82) is 0 Å². The molecular weight excluding hydrogens is 316 g/mol. The van der Waals surface area contributed by atoms with E-state index in [1.165, 1.54) is 0 Å². The van der Waals surface area contributed by atoms with E-state index in [4.69, 9.17) is 4.74 Å². The monoisotopic (exact) mass is 344 g/mol. The van der Waals surface area contributed by atoms with E-state index in [-0.39, 0.29) is 5.54 Å². The van der Waals surface area contributed by atoms with Crippen LogP contribution in [0.2, 0.25) is 0 Å². The second-order valence-corrected chi connectivity index (χ2v) is 7.66. The van der Waals surface area contributed by atoms with Gasteiger partial charge in [-0.25, -0.2) is 9.48 Å². The summed E-state index contributed by atoms with van der Waals surface area (Å²) in [6, 6.07) is 9.89. The van der Waals surface area contributed by atoms with Crippen molar-refractivity contribution in [2.45, 2.75) is 52.2 Å². The lowest BCUT2D eigenvalue weighted by Crippen LogP contribution is -2.46. The Morgan fingerprint density at radius 2 is 1.88 bits per heavy atom. The maximum atomic E-state index is 12.0. The summed E-state index contributed by atoms with van der Waals surface area (Å²) in [6.07, 6.45) is 4.02. The van der Waals surface area contributed by atoms with Gasteiger partial charge in [-0.15, -0.1) is 0 Å². The first-order chi connectivity index (χ1) is 11.7. The SMILES string of the molecule is CC(C)(CCNc1ccccc1-n1cccn1)NC(=O)OC(C)(C)C. The van der Waals surface area contributed by atoms with Crippen molar-refractivity contribution in [1.82, 2.24) is 15.1 Å². The van der Waals surface area contributed by atoms with E-state index in [9.17, 15) is 4.79 Å². The van der Waals surface area contributed by atoms with Gasteiger partial charge in [0.1, 0.15) is 5.60 Å². The predicted molar refractivity (Wildman–Crippen MR) is 100 cm³/mol. The van der Waals surface area contributed by atoms with E-state index in [1.54, 1.807) is 6.20 Å². The quantitative estimate of drug-likeness (QED) is 0.832. The fourth-order valence-corrected chi connectivity index (χ4v) is 2.39. The molecule has 1 amide bonds. The molecule has 0 aliphatic carbocycles. The van der Waals surface area contributed by atoms with Crippen LogP contribution in [0.3, 0.4) is 0 Å². The van der Waals surface area contributed by atoms with Crippen LogP contribution in [0.25, 0.3) is 5.69 Å². The standard InChI is InChI=1S/C19H28N4O2/c1-18(2,3)25-17(24)22-19(4,5)11-13-20-15-9-6-7-10-16(15)23-14-8-12-21-23/h6-10,12,14,20H,11,13H2,1-5H3,(H,22,24). The summed E-state index contributed by atoms with van der Waals surface area (Å²) in [7, 11) is 0. The van der Waals surface area contributed by atoms with Crippen molar-refractivity contribution in [3.8, 4) is 5.69 Å². The predicted octanol–water partition coefficient (Wildman–Crippen LogP) is 3.98. The summed E-state index contributed by atoms with van der Waals surface area (Å²) in [5.74, 6) is 0. The van der Waals surface area contributed by atoms with Crippen LogP contribution in [0.1, 0.15) is 41.0 Å². The van der Waals surface area contributed by atoms with Crippen molar-refractivity contribution in [3.05, 3.63) is 42.7 Å². The number of ether oxygens (including phenoxy) is 1. The van der Waals surface area contributed by atoms with Crippen LogP contribution in [-0.4, -0.2) is 33.6 Å². The second-order valence-electron chi connectivity index (χ2n) is 7.66.